The number of thioether (sulfide) groups is 1. The lowest BCUT2D eigenvalue weighted by molar-refractivity contribution is -0.113. The third-order valence-corrected chi connectivity index (χ3v) is 7.81. The SMILES string of the molecule is CN(C)S(=O)(=O)N1CCc2nc(NC(=O)CSc3ccc(F)cc3)sc2C1. The van der Waals surface area contributed by atoms with Crippen molar-refractivity contribution in [3.63, 3.8) is 0 Å². The Kier molecular flexibility index (Phi) is 6.16. The van der Waals surface area contributed by atoms with E-state index in [1.807, 2.05) is 0 Å². The Morgan fingerprint density at radius 1 is 1.37 bits per heavy atom. The van der Waals surface area contributed by atoms with Crippen LogP contribution >= 0.6 is 23.1 Å². The lowest BCUT2D eigenvalue weighted by Crippen LogP contribution is -2.42. The zero-order valence-corrected chi connectivity index (χ0v) is 17.3. The average Bonchev–Trinajstić information content (AvgIpc) is 3.02. The van der Waals surface area contributed by atoms with Crippen LogP contribution in [0.25, 0.3) is 0 Å². The number of anilines is 1. The number of hydrogen-bond acceptors (Lipinski definition) is 6. The highest BCUT2D eigenvalue weighted by Crippen LogP contribution is 2.30. The van der Waals surface area contributed by atoms with Gasteiger partial charge in [-0.05, 0) is 24.3 Å². The van der Waals surface area contributed by atoms with Gasteiger partial charge in [-0.1, -0.05) is 0 Å². The van der Waals surface area contributed by atoms with Gasteiger partial charge in [-0.2, -0.15) is 17.0 Å². The molecule has 0 bridgehead atoms. The molecule has 1 aliphatic rings. The molecule has 3 rings (SSSR count). The number of benzene rings is 1. The number of halogens is 1. The van der Waals surface area contributed by atoms with Gasteiger partial charge in [0.25, 0.3) is 10.2 Å². The second-order valence-corrected chi connectivity index (χ2v) is 10.3. The average molecular weight is 431 g/mol. The number of carbonyl (C=O) groups excluding carboxylic acids is 1. The maximum absolute atomic E-state index is 12.9. The molecule has 1 aromatic carbocycles. The monoisotopic (exact) mass is 430 g/mol. The van der Waals surface area contributed by atoms with E-state index in [4.69, 9.17) is 0 Å². The van der Waals surface area contributed by atoms with Crippen LogP contribution in [-0.2, 0) is 28.0 Å². The van der Waals surface area contributed by atoms with Crippen LogP contribution in [0.4, 0.5) is 9.52 Å². The molecule has 0 aliphatic carbocycles. The van der Waals surface area contributed by atoms with Gasteiger partial charge in [0.15, 0.2) is 5.13 Å². The number of carbonyl (C=O) groups is 1. The zero-order chi connectivity index (χ0) is 19.6. The van der Waals surface area contributed by atoms with Crippen molar-refractivity contribution < 1.29 is 17.6 Å². The fraction of sp³-hybridized carbons (Fsp3) is 0.375. The number of nitrogens with zero attached hydrogens (tertiary/aromatic N) is 3. The quantitative estimate of drug-likeness (QED) is 0.711. The first-order chi connectivity index (χ1) is 12.8. The standard InChI is InChI=1S/C16H19FN4O3S3/c1-20(2)27(23,24)21-8-7-13-14(9-21)26-16(18-13)19-15(22)10-25-12-5-3-11(17)4-6-12/h3-6H,7-10H2,1-2H3,(H,18,19,22). The molecular formula is C16H19FN4O3S3. The molecule has 27 heavy (non-hydrogen) atoms. The maximum Gasteiger partial charge on any atom is 0.281 e. The first-order valence-electron chi connectivity index (χ1n) is 8.10. The Labute approximate surface area is 165 Å². The number of aromatic nitrogens is 1. The number of amides is 1. The molecule has 7 nitrogen and oxygen atoms in total. The van der Waals surface area contributed by atoms with E-state index in [1.54, 1.807) is 12.1 Å². The lowest BCUT2D eigenvalue weighted by Gasteiger charge is -2.27. The van der Waals surface area contributed by atoms with Crippen LogP contribution in [-0.4, -0.2) is 54.3 Å². The van der Waals surface area contributed by atoms with Gasteiger partial charge >= 0.3 is 0 Å². The number of hydrogen-bond donors (Lipinski definition) is 1. The van der Waals surface area contributed by atoms with Gasteiger partial charge < -0.3 is 5.32 Å². The molecule has 0 saturated heterocycles. The fourth-order valence-corrected chi connectivity index (χ4v) is 5.38. The highest BCUT2D eigenvalue weighted by molar-refractivity contribution is 8.00. The summed E-state index contributed by atoms with van der Waals surface area (Å²) >= 11 is 2.60. The Hall–Kier alpha value is -1.53. The molecule has 2 aromatic rings. The van der Waals surface area contributed by atoms with Crippen molar-refractivity contribution in [2.75, 3.05) is 31.7 Å². The van der Waals surface area contributed by atoms with Crippen LogP contribution in [0.5, 0.6) is 0 Å². The van der Waals surface area contributed by atoms with Gasteiger partial charge in [0.05, 0.1) is 18.0 Å². The van der Waals surface area contributed by atoms with Crippen LogP contribution in [0.3, 0.4) is 0 Å². The molecule has 1 amide bonds. The van der Waals surface area contributed by atoms with Gasteiger partial charge in [0, 0.05) is 36.8 Å². The van der Waals surface area contributed by atoms with Crippen molar-refractivity contribution in [1.82, 2.24) is 13.6 Å². The summed E-state index contributed by atoms with van der Waals surface area (Å²) in [7, 11) is -0.467. The van der Waals surface area contributed by atoms with Crippen LogP contribution < -0.4 is 5.32 Å². The van der Waals surface area contributed by atoms with Crippen molar-refractivity contribution in [3.05, 3.63) is 40.7 Å². The lowest BCUT2D eigenvalue weighted by atomic mass is 10.2. The summed E-state index contributed by atoms with van der Waals surface area (Å²) < 4.78 is 40.0. The molecule has 0 spiro atoms. The number of nitrogens with one attached hydrogen (secondary N) is 1. The fourth-order valence-electron chi connectivity index (χ4n) is 2.49. The second-order valence-electron chi connectivity index (χ2n) is 6.05. The first kappa shape index (κ1) is 20.2. The summed E-state index contributed by atoms with van der Waals surface area (Å²) in [6, 6.07) is 5.94. The minimum absolute atomic E-state index is 0.178. The summed E-state index contributed by atoms with van der Waals surface area (Å²) in [5.74, 6) is -0.354. The third-order valence-electron chi connectivity index (χ3n) is 3.91. The predicted molar refractivity (Wildman–Crippen MR) is 105 cm³/mol. The molecule has 1 aliphatic heterocycles. The summed E-state index contributed by atoms with van der Waals surface area (Å²) in [5, 5.41) is 3.22. The normalized spacial score (nSPS) is 15.0. The van der Waals surface area contributed by atoms with Crippen molar-refractivity contribution in [1.29, 1.82) is 0 Å². The van der Waals surface area contributed by atoms with E-state index in [9.17, 15) is 17.6 Å². The highest BCUT2D eigenvalue weighted by Gasteiger charge is 2.30. The Morgan fingerprint density at radius 2 is 2.07 bits per heavy atom. The summed E-state index contributed by atoms with van der Waals surface area (Å²) in [4.78, 5) is 18.2. The maximum atomic E-state index is 12.9. The van der Waals surface area contributed by atoms with Crippen molar-refractivity contribution in [2.45, 2.75) is 17.9 Å². The van der Waals surface area contributed by atoms with E-state index in [-0.39, 0.29) is 24.0 Å². The van der Waals surface area contributed by atoms with Gasteiger partial charge in [0.1, 0.15) is 5.82 Å². The number of fused-ring (bicyclic) bond motifs is 1. The molecule has 0 unspecified atom stereocenters. The number of thiazole rings is 1. The smallest absolute Gasteiger partial charge is 0.281 e. The topological polar surface area (TPSA) is 82.6 Å². The van der Waals surface area contributed by atoms with Crippen molar-refractivity contribution >= 4 is 44.3 Å². The molecule has 0 saturated carbocycles. The largest absolute Gasteiger partial charge is 0.301 e. The van der Waals surface area contributed by atoms with Crippen molar-refractivity contribution in [2.24, 2.45) is 0 Å². The predicted octanol–water partition coefficient (Wildman–Crippen LogP) is 2.18. The molecule has 2 heterocycles. The summed E-state index contributed by atoms with van der Waals surface area (Å²) in [6.07, 6.45) is 0.513. The van der Waals surface area contributed by atoms with Gasteiger partial charge in [-0.15, -0.1) is 23.1 Å². The van der Waals surface area contributed by atoms with E-state index < -0.39 is 10.2 Å². The minimum Gasteiger partial charge on any atom is -0.301 e. The molecule has 1 aromatic heterocycles. The summed E-state index contributed by atoms with van der Waals surface area (Å²) in [6.45, 7) is 0.624. The zero-order valence-electron chi connectivity index (χ0n) is 14.8. The van der Waals surface area contributed by atoms with Crippen LogP contribution in [0.2, 0.25) is 0 Å². The van der Waals surface area contributed by atoms with Crippen LogP contribution in [0.15, 0.2) is 29.2 Å². The third kappa shape index (κ3) is 4.85. The molecule has 146 valence electrons. The van der Waals surface area contributed by atoms with Crippen LogP contribution in [0, 0.1) is 5.82 Å². The van der Waals surface area contributed by atoms with Crippen molar-refractivity contribution in [3.8, 4) is 0 Å². The molecule has 0 radical (unpaired) electrons. The second kappa shape index (κ2) is 8.23. The minimum atomic E-state index is -3.47. The van der Waals surface area contributed by atoms with Gasteiger partial charge in [0.2, 0.25) is 5.91 Å². The Bertz CT molecular complexity index is 929. The van der Waals surface area contributed by atoms with E-state index in [0.717, 1.165) is 15.5 Å². The molecular weight excluding hydrogens is 411 g/mol. The highest BCUT2D eigenvalue weighted by atomic mass is 32.2. The Balaban J connectivity index is 1.59. The molecule has 11 heteroatoms. The van der Waals surface area contributed by atoms with E-state index in [0.29, 0.717) is 18.1 Å². The van der Waals surface area contributed by atoms with Crippen LogP contribution in [0.1, 0.15) is 10.6 Å². The molecule has 1 N–H and O–H groups in total. The van der Waals surface area contributed by atoms with Gasteiger partial charge in [-0.25, -0.2) is 9.37 Å². The van der Waals surface area contributed by atoms with E-state index in [2.05, 4.69) is 10.3 Å². The number of rotatable bonds is 6. The van der Waals surface area contributed by atoms with E-state index >= 15 is 0 Å². The summed E-state index contributed by atoms with van der Waals surface area (Å²) in [5.41, 5.74) is 0.826. The molecule has 0 fully saturated rings. The Morgan fingerprint density at radius 3 is 2.74 bits per heavy atom. The van der Waals surface area contributed by atoms with Gasteiger partial charge in [-0.3, -0.25) is 4.79 Å². The molecule has 0 atom stereocenters. The van der Waals surface area contributed by atoms with E-state index in [1.165, 1.54) is 57.9 Å². The first-order valence-corrected chi connectivity index (χ1v) is 11.3.